The Morgan fingerprint density at radius 3 is 2.69 bits per heavy atom. The van der Waals surface area contributed by atoms with Crippen LogP contribution in [0.4, 0.5) is 0 Å². The summed E-state index contributed by atoms with van der Waals surface area (Å²) in [5.41, 5.74) is 3.30. The van der Waals surface area contributed by atoms with Gasteiger partial charge in [0.25, 0.3) is 0 Å². The number of rotatable bonds is 5. The molecule has 1 fully saturated rings. The number of aromatic nitrogens is 4. The zero-order valence-corrected chi connectivity index (χ0v) is 16.3. The molecule has 8 heteroatoms. The molecule has 0 bridgehead atoms. The van der Waals surface area contributed by atoms with Gasteiger partial charge in [-0.15, -0.1) is 0 Å². The molecule has 0 saturated carbocycles. The first kappa shape index (κ1) is 18.7. The van der Waals surface area contributed by atoms with Gasteiger partial charge in [0.15, 0.2) is 0 Å². The minimum atomic E-state index is -0.0790. The van der Waals surface area contributed by atoms with Crippen LogP contribution in [0.15, 0.2) is 18.2 Å². The van der Waals surface area contributed by atoms with Crippen molar-refractivity contribution in [3.8, 4) is 5.69 Å². The number of hydrogen-bond donors (Lipinski definition) is 0. The molecule has 26 heavy (non-hydrogen) atoms. The highest BCUT2D eigenvalue weighted by atomic mass is 32.1. The lowest BCUT2D eigenvalue weighted by molar-refractivity contribution is -0.149. The number of hydrogen-bond acceptors (Lipinski definition) is 6. The van der Waals surface area contributed by atoms with Crippen LogP contribution in [-0.2, 0) is 16.2 Å². The minimum Gasteiger partial charge on any atom is -0.466 e. The quantitative estimate of drug-likeness (QED) is 0.591. The number of carbonyl (C=O) groups is 1. The van der Waals surface area contributed by atoms with Gasteiger partial charge in [0.05, 0.1) is 24.9 Å². The van der Waals surface area contributed by atoms with Crippen molar-refractivity contribution in [3.63, 3.8) is 0 Å². The molecule has 140 valence electrons. The second-order valence-electron chi connectivity index (χ2n) is 6.68. The fourth-order valence-electron chi connectivity index (χ4n) is 3.24. The van der Waals surface area contributed by atoms with Crippen LogP contribution in [0, 0.1) is 24.5 Å². The first-order chi connectivity index (χ1) is 12.5. The molecule has 1 aromatic heterocycles. The molecule has 3 rings (SSSR count). The van der Waals surface area contributed by atoms with E-state index in [0.29, 0.717) is 18.0 Å². The Kier molecular flexibility index (Phi) is 5.83. The lowest BCUT2D eigenvalue weighted by Gasteiger charge is -2.30. The molecule has 0 aliphatic carbocycles. The molecule has 1 aromatic carbocycles. The second kappa shape index (κ2) is 8.09. The molecule has 0 amide bonds. The monoisotopic (exact) mass is 375 g/mol. The summed E-state index contributed by atoms with van der Waals surface area (Å²) in [5.74, 6) is -0.0746. The van der Waals surface area contributed by atoms with Gasteiger partial charge in [0, 0.05) is 13.1 Å². The predicted octanol–water partition coefficient (Wildman–Crippen LogP) is 2.65. The number of carbonyl (C=O) groups excluding carboxylic acids is 1. The fourth-order valence-corrected chi connectivity index (χ4v) is 3.47. The van der Waals surface area contributed by atoms with E-state index in [1.54, 1.807) is 9.36 Å². The average Bonchev–Trinajstić information content (AvgIpc) is 2.99. The van der Waals surface area contributed by atoms with Crippen LogP contribution < -0.4 is 0 Å². The van der Waals surface area contributed by atoms with Gasteiger partial charge in [-0.2, -0.15) is 4.68 Å². The van der Waals surface area contributed by atoms with Gasteiger partial charge in [0.1, 0.15) is 0 Å². The normalized spacial score (nSPS) is 16.0. The van der Waals surface area contributed by atoms with E-state index in [4.69, 9.17) is 17.0 Å². The lowest BCUT2D eigenvalue weighted by atomic mass is 9.97. The number of benzene rings is 1. The zero-order chi connectivity index (χ0) is 18.7. The standard InChI is InChI=1S/C18H25N5O2S/c1-4-25-17(24)15-8-10-21(11-9-15)12-22-18(26)23(20-19-22)16-7-5-6-13(2)14(16)3/h5-7,15H,4,8-12H2,1-3H3. The van der Waals surface area contributed by atoms with E-state index in [9.17, 15) is 4.79 Å². The third kappa shape index (κ3) is 3.86. The lowest BCUT2D eigenvalue weighted by Crippen LogP contribution is -2.38. The van der Waals surface area contributed by atoms with Gasteiger partial charge in [-0.05, 0) is 73.5 Å². The Balaban J connectivity index is 1.68. The zero-order valence-electron chi connectivity index (χ0n) is 15.5. The van der Waals surface area contributed by atoms with Crippen LogP contribution >= 0.6 is 12.2 Å². The van der Waals surface area contributed by atoms with Gasteiger partial charge in [0.2, 0.25) is 4.77 Å². The van der Waals surface area contributed by atoms with Crippen LogP contribution in [0.1, 0.15) is 30.9 Å². The molecule has 1 aliphatic heterocycles. The molecular weight excluding hydrogens is 350 g/mol. The van der Waals surface area contributed by atoms with Crippen LogP contribution in [0.2, 0.25) is 0 Å². The average molecular weight is 375 g/mol. The SMILES string of the molecule is CCOC(=O)C1CCN(Cn2nnn(-c3cccc(C)c3C)c2=S)CC1. The topological polar surface area (TPSA) is 65.2 Å². The van der Waals surface area contributed by atoms with Crippen LogP contribution in [0.25, 0.3) is 5.69 Å². The summed E-state index contributed by atoms with van der Waals surface area (Å²) in [6.45, 7) is 8.64. The molecule has 2 aromatic rings. The Labute approximate surface area is 158 Å². The van der Waals surface area contributed by atoms with Gasteiger partial charge in [-0.1, -0.05) is 12.1 Å². The van der Waals surface area contributed by atoms with Crippen molar-refractivity contribution in [2.75, 3.05) is 19.7 Å². The molecule has 2 heterocycles. The molecule has 0 radical (unpaired) electrons. The number of nitrogens with zero attached hydrogens (tertiary/aromatic N) is 5. The smallest absolute Gasteiger partial charge is 0.309 e. The summed E-state index contributed by atoms with van der Waals surface area (Å²) >= 11 is 5.58. The summed E-state index contributed by atoms with van der Waals surface area (Å²) in [6.07, 6.45) is 1.61. The van der Waals surface area contributed by atoms with Crippen molar-refractivity contribution in [2.45, 2.75) is 40.3 Å². The van der Waals surface area contributed by atoms with Crippen molar-refractivity contribution in [2.24, 2.45) is 5.92 Å². The van der Waals surface area contributed by atoms with Crippen LogP contribution in [0.5, 0.6) is 0 Å². The summed E-state index contributed by atoms with van der Waals surface area (Å²) in [7, 11) is 0. The number of ether oxygens (including phenoxy) is 1. The largest absolute Gasteiger partial charge is 0.466 e. The number of piperidine rings is 1. The molecule has 7 nitrogen and oxygen atoms in total. The number of esters is 1. The van der Waals surface area contributed by atoms with Crippen LogP contribution in [0.3, 0.4) is 0 Å². The van der Waals surface area contributed by atoms with Crippen molar-refractivity contribution in [1.82, 2.24) is 24.7 Å². The van der Waals surface area contributed by atoms with E-state index in [1.165, 1.54) is 5.56 Å². The molecule has 1 saturated heterocycles. The number of aryl methyl sites for hydroxylation is 1. The first-order valence-corrected chi connectivity index (χ1v) is 9.40. The minimum absolute atomic E-state index is 0.00444. The Morgan fingerprint density at radius 2 is 2.00 bits per heavy atom. The molecule has 0 atom stereocenters. The maximum absolute atomic E-state index is 11.8. The Morgan fingerprint density at radius 1 is 1.27 bits per heavy atom. The summed E-state index contributed by atoms with van der Waals surface area (Å²) in [4.78, 5) is 14.1. The van der Waals surface area contributed by atoms with E-state index in [1.807, 2.05) is 19.1 Å². The van der Waals surface area contributed by atoms with E-state index < -0.39 is 0 Å². The van der Waals surface area contributed by atoms with Crippen molar-refractivity contribution in [3.05, 3.63) is 34.1 Å². The van der Waals surface area contributed by atoms with Crippen molar-refractivity contribution in [1.29, 1.82) is 0 Å². The van der Waals surface area contributed by atoms with Crippen LogP contribution in [-0.4, -0.2) is 50.4 Å². The van der Waals surface area contributed by atoms with E-state index in [0.717, 1.165) is 37.2 Å². The predicted molar refractivity (Wildman–Crippen MR) is 101 cm³/mol. The molecule has 0 unspecified atom stereocenters. The fraction of sp³-hybridized carbons (Fsp3) is 0.556. The van der Waals surface area contributed by atoms with Gasteiger partial charge >= 0.3 is 5.97 Å². The number of tetrazole rings is 1. The van der Waals surface area contributed by atoms with Gasteiger partial charge < -0.3 is 4.74 Å². The maximum atomic E-state index is 11.8. The van der Waals surface area contributed by atoms with Crippen molar-refractivity contribution < 1.29 is 9.53 Å². The molecule has 0 spiro atoms. The third-order valence-corrected chi connectivity index (χ3v) is 5.37. The van der Waals surface area contributed by atoms with Gasteiger partial charge in [-0.25, -0.2) is 4.68 Å². The van der Waals surface area contributed by atoms with E-state index >= 15 is 0 Å². The molecule has 1 aliphatic rings. The first-order valence-electron chi connectivity index (χ1n) is 8.99. The number of likely N-dealkylation sites (tertiary alicyclic amines) is 1. The Bertz CT molecular complexity index is 836. The highest BCUT2D eigenvalue weighted by Gasteiger charge is 2.26. The highest BCUT2D eigenvalue weighted by Crippen LogP contribution is 2.20. The van der Waals surface area contributed by atoms with E-state index in [-0.39, 0.29) is 11.9 Å². The third-order valence-electron chi connectivity index (χ3n) is 4.99. The van der Waals surface area contributed by atoms with E-state index in [2.05, 4.69) is 35.2 Å². The Hall–Kier alpha value is -2.06. The summed E-state index contributed by atoms with van der Waals surface area (Å²) < 4.78 is 9.15. The van der Waals surface area contributed by atoms with Crippen molar-refractivity contribution >= 4 is 18.2 Å². The summed E-state index contributed by atoms with van der Waals surface area (Å²) in [6, 6.07) is 6.07. The maximum Gasteiger partial charge on any atom is 0.309 e. The van der Waals surface area contributed by atoms with Gasteiger partial charge in [-0.3, -0.25) is 9.69 Å². The summed E-state index contributed by atoms with van der Waals surface area (Å²) in [5, 5.41) is 8.48. The highest BCUT2D eigenvalue weighted by molar-refractivity contribution is 7.71. The molecule has 0 N–H and O–H groups in total. The molecular formula is C18H25N5O2S. The second-order valence-corrected chi connectivity index (χ2v) is 7.04.